The molecule has 0 spiro atoms. The van der Waals surface area contributed by atoms with E-state index >= 15 is 0 Å². The second kappa shape index (κ2) is 5.26. The van der Waals surface area contributed by atoms with E-state index in [-0.39, 0.29) is 11.2 Å². The van der Waals surface area contributed by atoms with Crippen molar-refractivity contribution in [1.29, 1.82) is 0 Å². The maximum Gasteiger partial charge on any atom is 0.221 e. The Kier molecular flexibility index (Phi) is 4.12. The predicted octanol–water partition coefficient (Wildman–Crippen LogP) is 2.16. The van der Waals surface area contributed by atoms with Crippen LogP contribution in [-0.4, -0.2) is 19.7 Å². The first-order valence-electron chi connectivity index (χ1n) is 4.99. The molecule has 0 aliphatic carbocycles. The Bertz CT molecular complexity index is 531. The average molecular weight is 385 g/mol. The van der Waals surface area contributed by atoms with Gasteiger partial charge in [-0.05, 0) is 17.7 Å². The first kappa shape index (κ1) is 13.3. The lowest BCUT2D eigenvalue weighted by molar-refractivity contribution is 0.353. The maximum absolute atomic E-state index is 11.3. The van der Waals surface area contributed by atoms with Crippen LogP contribution in [-0.2, 0) is 23.0 Å². The summed E-state index contributed by atoms with van der Waals surface area (Å²) in [4.78, 5) is 0. The third-order valence-electron chi connectivity index (χ3n) is 2.45. The van der Waals surface area contributed by atoms with Crippen LogP contribution in [0.4, 0.5) is 0 Å². The van der Waals surface area contributed by atoms with Gasteiger partial charge in [0.1, 0.15) is 10.4 Å². The van der Waals surface area contributed by atoms with Gasteiger partial charge in [0.25, 0.3) is 0 Å². The SMILES string of the molecule is O=S(=O)(CBr)NCc1cc(Br)cc2c1OCC2. The van der Waals surface area contributed by atoms with E-state index in [1.807, 2.05) is 12.1 Å². The van der Waals surface area contributed by atoms with Crippen molar-refractivity contribution in [3.05, 3.63) is 27.7 Å². The Balaban J connectivity index is 2.22. The number of halogens is 2. The van der Waals surface area contributed by atoms with Crippen molar-refractivity contribution in [2.75, 3.05) is 11.3 Å². The van der Waals surface area contributed by atoms with E-state index in [1.165, 1.54) is 0 Å². The van der Waals surface area contributed by atoms with Crippen LogP contribution < -0.4 is 9.46 Å². The average Bonchev–Trinajstić information content (AvgIpc) is 2.73. The van der Waals surface area contributed by atoms with Gasteiger partial charge in [0.2, 0.25) is 10.0 Å². The molecule has 0 fully saturated rings. The number of rotatable bonds is 4. The van der Waals surface area contributed by atoms with Crippen LogP contribution in [0.3, 0.4) is 0 Å². The molecule has 0 unspecified atom stereocenters. The zero-order valence-corrected chi connectivity index (χ0v) is 12.9. The van der Waals surface area contributed by atoms with Gasteiger partial charge in [-0.15, -0.1) is 0 Å². The number of alkyl halides is 1. The minimum Gasteiger partial charge on any atom is -0.493 e. The molecule has 1 aliphatic heterocycles. The molecule has 0 saturated heterocycles. The van der Waals surface area contributed by atoms with E-state index in [1.54, 1.807) is 0 Å². The summed E-state index contributed by atoms with van der Waals surface area (Å²) in [5.41, 5.74) is 1.98. The summed E-state index contributed by atoms with van der Waals surface area (Å²) in [6.45, 7) is 0.902. The van der Waals surface area contributed by atoms with Crippen molar-refractivity contribution < 1.29 is 13.2 Å². The molecule has 0 aromatic heterocycles. The van der Waals surface area contributed by atoms with Gasteiger partial charge in [-0.2, -0.15) is 0 Å². The molecule has 1 aliphatic rings. The largest absolute Gasteiger partial charge is 0.493 e. The van der Waals surface area contributed by atoms with E-state index < -0.39 is 10.0 Å². The lowest BCUT2D eigenvalue weighted by Crippen LogP contribution is -2.24. The molecule has 94 valence electrons. The highest BCUT2D eigenvalue weighted by Crippen LogP contribution is 2.32. The van der Waals surface area contributed by atoms with Crippen LogP contribution in [0, 0.1) is 0 Å². The van der Waals surface area contributed by atoms with Crippen molar-refractivity contribution in [3.8, 4) is 5.75 Å². The molecule has 2 rings (SSSR count). The summed E-state index contributed by atoms with van der Waals surface area (Å²) >= 11 is 6.34. The van der Waals surface area contributed by atoms with Crippen LogP contribution in [0.25, 0.3) is 0 Å². The molecular formula is C10H11Br2NO3S. The summed E-state index contributed by atoms with van der Waals surface area (Å²) in [7, 11) is -3.25. The van der Waals surface area contributed by atoms with E-state index in [2.05, 4.69) is 36.6 Å². The van der Waals surface area contributed by atoms with Gasteiger partial charge in [-0.1, -0.05) is 31.9 Å². The molecule has 17 heavy (non-hydrogen) atoms. The number of benzene rings is 1. The second-order valence-electron chi connectivity index (χ2n) is 3.70. The summed E-state index contributed by atoms with van der Waals surface area (Å²) in [5, 5.41) is 0. The van der Waals surface area contributed by atoms with Crippen LogP contribution in [0.1, 0.15) is 11.1 Å². The molecule has 4 nitrogen and oxygen atoms in total. The van der Waals surface area contributed by atoms with Gasteiger partial charge in [0.15, 0.2) is 0 Å². The van der Waals surface area contributed by atoms with Crippen LogP contribution >= 0.6 is 31.9 Å². The first-order valence-corrected chi connectivity index (χ1v) is 8.56. The highest BCUT2D eigenvalue weighted by atomic mass is 79.9. The Morgan fingerprint density at radius 1 is 1.41 bits per heavy atom. The van der Waals surface area contributed by atoms with Crippen molar-refractivity contribution in [1.82, 2.24) is 4.72 Å². The van der Waals surface area contributed by atoms with Crippen LogP contribution in [0.2, 0.25) is 0 Å². The van der Waals surface area contributed by atoms with Crippen molar-refractivity contribution in [3.63, 3.8) is 0 Å². The molecule has 0 saturated carbocycles. The van der Waals surface area contributed by atoms with Gasteiger partial charge in [0.05, 0.1) is 6.61 Å². The minimum atomic E-state index is -3.25. The van der Waals surface area contributed by atoms with Crippen molar-refractivity contribution in [2.24, 2.45) is 0 Å². The Hall–Kier alpha value is -0.110. The molecule has 1 aromatic carbocycles. The van der Waals surface area contributed by atoms with Gasteiger partial charge < -0.3 is 4.74 Å². The van der Waals surface area contributed by atoms with E-state index in [9.17, 15) is 8.42 Å². The normalized spacial score (nSPS) is 14.5. The zero-order valence-electron chi connectivity index (χ0n) is 8.87. The van der Waals surface area contributed by atoms with Gasteiger partial charge >= 0.3 is 0 Å². The van der Waals surface area contributed by atoms with E-state index in [4.69, 9.17) is 4.74 Å². The number of hydrogen-bond acceptors (Lipinski definition) is 3. The maximum atomic E-state index is 11.3. The minimum absolute atomic E-state index is 0.100. The van der Waals surface area contributed by atoms with Gasteiger partial charge in [-0.25, -0.2) is 13.1 Å². The number of fused-ring (bicyclic) bond motifs is 1. The summed E-state index contributed by atoms with van der Waals surface area (Å²) < 4.78 is 31.6. The standard InChI is InChI=1S/C10H11Br2NO3S/c11-6-17(14,15)13-5-8-4-9(12)3-7-1-2-16-10(7)8/h3-4,13H,1-2,5-6H2. The van der Waals surface area contributed by atoms with Gasteiger partial charge in [0, 0.05) is 23.0 Å². The Morgan fingerprint density at radius 3 is 2.88 bits per heavy atom. The molecule has 1 N–H and O–H groups in total. The first-order chi connectivity index (χ1) is 8.02. The smallest absolute Gasteiger partial charge is 0.221 e. The summed E-state index contributed by atoms with van der Waals surface area (Å²) in [6, 6.07) is 3.88. The number of ether oxygens (including phenoxy) is 1. The summed E-state index contributed by atoms with van der Waals surface area (Å²) in [6.07, 6.45) is 0.868. The molecular weight excluding hydrogens is 374 g/mol. The molecule has 7 heteroatoms. The third kappa shape index (κ3) is 3.21. The number of nitrogens with one attached hydrogen (secondary N) is 1. The van der Waals surface area contributed by atoms with Crippen molar-refractivity contribution in [2.45, 2.75) is 13.0 Å². The molecule has 0 amide bonds. The van der Waals surface area contributed by atoms with Crippen LogP contribution in [0.5, 0.6) is 5.75 Å². The monoisotopic (exact) mass is 383 g/mol. The zero-order chi connectivity index (χ0) is 12.5. The molecule has 1 aromatic rings. The fraction of sp³-hybridized carbons (Fsp3) is 0.400. The number of sulfonamides is 1. The van der Waals surface area contributed by atoms with E-state index in [0.717, 1.165) is 27.8 Å². The highest BCUT2D eigenvalue weighted by molar-refractivity contribution is 9.10. The van der Waals surface area contributed by atoms with Gasteiger partial charge in [-0.3, -0.25) is 0 Å². The highest BCUT2D eigenvalue weighted by Gasteiger charge is 2.18. The van der Waals surface area contributed by atoms with E-state index in [0.29, 0.717) is 6.61 Å². The molecule has 0 bridgehead atoms. The third-order valence-corrected chi connectivity index (χ3v) is 5.59. The van der Waals surface area contributed by atoms with Crippen LogP contribution in [0.15, 0.2) is 16.6 Å². The molecule has 0 radical (unpaired) electrons. The predicted molar refractivity (Wildman–Crippen MR) is 72.9 cm³/mol. The Morgan fingerprint density at radius 2 is 2.18 bits per heavy atom. The quantitative estimate of drug-likeness (QED) is 0.809. The summed E-state index contributed by atoms with van der Waals surface area (Å²) in [5.74, 6) is 0.811. The van der Waals surface area contributed by atoms with Crippen molar-refractivity contribution >= 4 is 41.9 Å². The Labute approximate surface area is 117 Å². The molecule has 1 heterocycles. The fourth-order valence-electron chi connectivity index (χ4n) is 1.70. The molecule has 0 atom stereocenters. The topological polar surface area (TPSA) is 55.4 Å². The second-order valence-corrected chi connectivity index (χ2v) is 7.72. The lowest BCUT2D eigenvalue weighted by atomic mass is 10.1. The lowest BCUT2D eigenvalue weighted by Gasteiger charge is -2.09. The number of hydrogen-bond donors (Lipinski definition) is 1. The fourth-order valence-corrected chi connectivity index (χ4v) is 3.19.